The lowest BCUT2D eigenvalue weighted by atomic mass is 10.0. The second kappa shape index (κ2) is 4.67. The van der Waals surface area contributed by atoms with Crippen LogP contribution >= 0.6 is 0 Å². The van der Waals surface area contributed by atoms with Gasteiger partial charge in [-0.05, 0) is 50.0 Å². The molecule has 15 heavy (non-hydrogen) atoms. The molecule has 2 heteroatoms. The highest BCUT2D eigenvalue weighted by Gasteiger charge is 2.16. The molecule has 82 valence electrons. The number of benzene rings is 1. The van der Waals surface area contributed by atoms with Crippen molar-refractivity contribution in [2.24, 2.45) is 0 Å². The van der Waals surface area contributed by atoms with Crippen LogP contribution in [0.5, 0.6) is 0 Å². The fraction of sp³-hybridized carbons (Fsp3) is 0.538. The second-order valence-corrected chi connectivity index (χ2v) is 4.34. The predicted octanol–water partition coefficient (Wildman–Crippen LogP) is 2.20. The topological polar surface area (TPSA) is 24.1 Å². The third kappa shape index (κ3) is 2.51. The molecule has 1 heterocycles. The van der Waals surface area contributed by atoms with Crippen LogP contribution in [0.1, 0.15) is 25.0 Å². The quantitative estimate of drug-likeness (QED) is 0.735. The molecule has 0 amide bonds. The summed E-state index contributed by atoms with van der Waals surface area (Å²) >= 11 is 0. The van der Waals surface area contributed by atoms with E-state index in [4.69, 9.17) is 0 Å². The minimum Gasteiger partial charge on any atom is -0.382 e. The van der Waals surface area contributed by atoms with E-state index in [9.17, 15) is 0 Å². The Kier molecular flexibility index (Phi) is 3.27. The molecule has 1 aliphatic heterocycles. The molecule has 0 saturated heterocycles. The maximum absolute atomic E-state index is 3.48. The van der Waals surface area contributed by atoms with Gasteiger partial charge in [-0.3, -0.25) is 0 Å². The number of likely N-dealkylation sites (N-methyl/N-ethyl adjacent to an activating group) is 1. The van der Waals surface area contributed by atoms with E-state index in [1.54, 1.807) is 0 Å². The summed E-state index contributed by atoms with van der Waals surface area (Å²) in [4.78, 5) is 0. The molecule has 0 spiro atoms. The Labute approximate surface area is 92.1 Å². The molecule has 1 unspecified atom stereocenters. The van der Waals surface area contributed by atoms with Crippen LogP contribution in [0.15, 0.2) is 18.2 Å². The Balaban J connectivity index is 2.00. The number of nitrogens with one attached hydrogen (secondary N) is 2. The molecular weight excluding hydrogens is 184 g/mol. The van der Waals surface area contributed by atoms with Gasteiger partial charge in [0.15, 0.2) is 0 Å². The highest BCUT2D eigenvalue weighted by molar-refractivity contribution is 5.57. The van der Waals surface area contributed by atoms with Crippen molar-refractivity contribution in [2.75, 3.05) is 18.4 Å². The van der Waals surface area contributed by atoms with Gasteiger partial charge in [0.2, 0.25) is 0 Å². The summed E-state index contributed by atoms with van der Waals surface area (Å²) in [5, 5.41) is 6.83. The summed E-state index contributed by atoms with van der Waals surface area (Å²) in [5.74, 6) is 0. The minimum absolute atomic E-state index is 0.601. The predicted molar refractivity (Wildman–Crippen MR) is 65.5 cm³/mol. The molecule has 0 radical (unpaired) electrons. The lowest BCUT2D eigenvalue weighted by molar-refractivity contribution is 0.716. The first-order chi connectivity index (χ1) is 7.29. The zero-order chi connectivity index (χ0) is 10.7. The molecular formula is C13H20N2. The fourth-order valence-corrected chi connectivity index (χ4v) is 2.17. The first kappa shape index (κ1) is 10.5. The van der Waals surface area contributed by atoms with Crippen LogP contribution in [0.4, 0.5) is 5.69 Å². The van der Waals surface area contributed by atoms with Gasteiger partial charge in [-0.25, -0.2) is 0 Å². The maximum atomic E-state index is 3.48. The molecule has 0 saturated carbocycles. The molecule has 2 nitrogen and oxygen atoms in total. The van der Waals surface area contributed by atoms with Crippen LogP contribution in [-0.4, -0.2) is 19.1 Å². The molecule has 1 aliphatic rings. The lowest BCUT2D eigenvalue weighted by Gasteiger charge is -2.05. The molecule has 0 fully saturated rings. The molecule has 1 aromatic rings. The van der Waals surface area contributed by atoms with E-state index in [0.29, 0.717) is 6.04 Å². The Hall–Kier alpha value is -1.02. The van der Waals surface area contributed by atoms with Gasteiger partial charge >= 0.3 is 0 Å². The molecule has 1 atom stereocenters. The summed E-state index contributed by atoms with van der Waals surface area (Å²) in [5.41, 5.74) is 4.26. The van der Waals surface area contributed by atoms with Gasteiger partial charge in [0.25, 0.3) is 0 Å². The molecule has 0 bridgehead atoms. The first-order valence-corrected chi connectivity index (χ1v) is 5.88. The minimum atomic E-state index is 0.601. The van der Waals surface area contributed by atoms with Crippen LogP contribution in [-0.2, 0) is 12.8 Å². The van der Waals surface area contributed by atoms with Crippen molar-refractivity contribution in [3.05, 3.63) is 29.3 Å². The van der Waals surface area contributed by atoms with Crippen LogP contribution in [0.2, 0.25) is 0 Å². The van der Waals surface area contributed by atoms with Crippen LogP contribution in [0, 0.1) is 0 Å². The van der Waals surface area contributed by atoms with Crippen molar-refractivity contribution in [1.29, 1.82) is 0 Å². The Morgan fingerprint density at radius 2 is 2.33 bits per heavy atom. The van der Waals surface area contributed by atoms with Gasteiger partial charge in [0.05, 0.1) is 0 Å². The van der Waals surface area contributed by atoms with E-state index in [-0.39, 0.29) is 0 Å². The number of hydrogen-bond acceptors (Lipinski definition) is 2. The summed E-state index contributed by atoms with van der Waals surface area (Å²) in [7, 11) is 0. The average molecular weight is 204 g/mol. The molecule has 0 aliphatic carbocycles. The van der Waals surface area contributed by atoms with Crippen molar-refractivity contribution in [1.82, 2.24) is 5.32 Å². The Bertz CT molecular complexity index is 333. The van der Waals surface area contributed by atoms with Gasteiger partial charge in [0.1, 0.15) is 0 Å². The van der Waals surface area contributed by atoms with Gasteiger partial charge in [-0.1, -0.05) is 19.1 Å². The van der Waals surface area contributed by atoms with Crippen LogP contribution in [0.3, 0.4) is 0 Å². The van der Waals surface area contributed by atoms with Crippen molar-refractivity contribution in [2.45, 2.75) is 32.7 Å². The normalized spacial score (nSPS) is 18.7. The van der Waals surface area contributed by atoms with Gasteiger partial charge in [-0.15, -0.1) is 0 Å². The van der Waals surface area contributed by atoms with Gasteiger partial charge in [-0.2, -0.15) is 0 Å². The summed E-state index contributed by atoms with van der Waals surface area (Å²) in [6.45, 7) is 6.52. The lowest BCUT2D eigenvalue weighted by Crippen LogP contribution is -2.16. The zero-order valence-corrected chi connectivity index (χ0v) is 9.64. The smallest absolute Gasteiger partial charge is 0.0375 e. The highest BCUT2D eigenvalue weighted by Crippen LogP contribution is 2.26. The molecule has 2 rings (SSSR count). The van der Waals surface area contributed by atoms with Crippen molar-refractivity contribution in [3.63, 3.8) is 0 Å². The van der Waals surface area contributed by atoms with Crippen LogP contribution in [0.25, 0.3) is 0 Å². The van der Waals surface area contributed by atoms with E-state index >= 15 is 0 Å². The molecule has 2 N–H and O–H groups in total. The number of rotatable bonds is 4. The zero-order valence-electron chi connectivity index (χ0n) is 9.64. The van der Waals surface area contributed by atoms with E-state index < -0.39 is 0 Å². The van der Waals surface area contributed by atoms with E-state index in [1.807, 2.05) is 0 Å². The van der Waals surface area contributed by atoms with Crippen LogP contribution < -0.4 is 10.6 Å². The van der Waals surface area contributed by atoms with E-state index in [1.165, 1.54) is 23.2 Å². The SMILES string of the molecule is CCNCCc1ccc2c(c1)CC(C)N2. The number of fused-ring (bicyclic) bond motifs is 1. The number of anilines is 1. The summed E-state index contributed by atoms with van der Waals surface area (Å²) < 4.78 is 0. The van der Waals surface area contributed by atoms with Crippen molar-refractivity contribution < 1.29 is 0 Å². The van der Waals surface area contributed by atoms with E-state index in [2.05, 4.69) is 42.7 Å². The fourth-order valence-electron chi connectivity index (χ4n) is 2.17. The van der Waals surface area contributed by atoms with E-state index in [0.717, 1.165) is 19.5 Å². The van der Waals surface area contributed by atoms with Gasteiger partial charge in [0, 0.05) is 11.7 Å². The summed E-state index contributed by atoms with van der Waals surface area (Å²) in [6.07, 6.45) is 2.31. The van der Waals surface area contributed by atoms with Crippen molar-refractivity contribution in [3.8, 4) is 0 Å². The largest absolute Gasteiger partial charge is 0.382 e. The third-order valence-electron chi connectivity index (χ3n) is 2.94. The van der Waals surface area contributed by atoms with Crippen molar-refractivity contribution >= 4 is 5.69 Å². The Morgan fingerprint density at radius 3 is 3.13 bits per heavy atom. The third-order valence-corrected chi connectivity index (χ3v) is 2.94. The first-order valence-electron chi connectivity index (χ1n) is 5.88. The van der Waals surface area contributed by atoms with Gasteiger partial charge < -0.3 is 10.6 Å². The Morgan fingerprint density at radius 1 is 1.47 bits per heavy atom. The standard InChI is InChI=1S/C13H20N2/c1-3-14-7-6-11-4-5-13-12(9-11)8-10(2)15-13/h4-5,9-10,14-15H,3,6-8H2,1-2H3. The maximum Gasteiger partial charge on any atom is 0.0375 e. The number of hydrogen-bond donors (Lipinski definition) is 2. The molecule has 1 aromatic carbocycles. The average Bonchev–Trinajstić information content (AvgIpc) is 2.57. The second-order valence-electron chi connectivity index (χ2n) is 4.34. The molecule has 0 aromatic heterocycles. The monoisotopic (exact) mass is 204 g/mol. The summed E-state index contributed by atoms with van der Waals surface area (Å²) in [6, 6.07) is 7.41. The highest BCUT2D eigenvalue weighted by atomic mass is 14.9.